The number of sulfonamides is 1. The van der Waals surface area contributed by atoms with Crippen LogP contribution >= 0.6 is 7.60 Å². The predicted octanol–water partition coefficient (Wildman–Crippen LogP) is 0.992. The second-order valence-electron chi connectivity index (χ2n) is 10.4. The highest BCUT2D eigenvalue weighted by atomic mass is 32.2. The second kappa shape index (κ2) is 13.2. The average molecular weight is 595 g/mol. The largest absolute Gasteiger partial charge is 0.370 e. The number of carbonyl (C=O) groups excluding carboxylic acids is 1. The molecule has 0 aromatic heterocycles. The third-order valence-corrected chi connectivity index (χ3v) is 9.21. The van der Waals surface area contributed by atoms with Crippen LogP contribution in [0.1, 0.15) is 37.8 Å². The van der Waals surface area contributed by atoms with E-state index in [1.807, 2.05) is 50.2 Å². The van der Waals surface area contributed by atoms with Gasteiger partial charge in [0.15, 0.2) is 5.96 Å². The van der Waals surface area contributed by atoms with Gasteiger partial charge in [-0.05, 0) is 36.1 Å². The van der Waals surface area contributed by atoms with E-state index in [0.29, 0.717) is 6.42 Å². The van der Waals surface area contributed by atoms with Crippen LogP contribution in [0.25, 0.3) is 0 Å². The molecule has 7 N–H and O–H groups in total. The van der Waals surface area contributed by atoms with E-state index in [1.54, 1.807) is 17.0 Å². The molecule has 0 radical (unpaired) electrons. The van der Waals surface area contributed by atoms with Crippen LogP contribution in [0, 0.1) is 0 Å². The fourth-order valence-corrected chi connectivity index (χ4v) is 6.73. The van der Waals surface area contributed by atoms with Crippen LogP contribution in [0.4, 0.5) is 0 Å². The molecule has 0 spiro atoms. The van der Waals surface area contributed by atoms with Crippen molar-refractivity contribution in [1.82, 2.24) is 14.5 Å². The molecule has 2 aromatic rings. The fourth-order valence-electron chi connectivity index (χ4n) is 4.66. The van der Waals surface area contributed by atoms with Crippen LogP contribution in [0.3, 0.4) is 0 Å². The van der Waals surface area contributed by atoms with Crippen molar-refractivity contribution in [2.75, 3.05) is 39.0 Å². The lowest BCUT2D eigenvalue weighted by Gasteiger charge is -2.36. The lowest BCUT2D eigenvalue weighted by molar-refractivity contribution is -0.134. The van der Waals surface area contributed by atoms with Crippen LogP contribution < -0.4 is 16.2 Å². The van der Waals surface area contributed by atoms with Crippen molar-refractivity contribution in [3.8, 4) is 0 Å². The van der Waals surface area contributed by atoms with Gasteiger partial charge in [0.2, 0.25) is 15.9 Å². The highest BCUT2D eigenvalue weighted by molar-refractivity contribution is 7.89. The first kappa shape index (κ1) is 31.7. The number of guanidine groups is 1. The van der Waals surface area contributed by atoms with E-state index < -0.39 is 35.0 Å². The summed E-state index contributed by atoms with van der Waals surface area (Å²) in [6.07, 6.45) is 0.127. The molecule has 3 rings (SSSR count). The summed E-state index contributed by atoms with van der Waals surface area (Å²) in [6, 6.07) is 15.4. The molecule has 1 saturated heterocycles. The molecule has 0 bridgehead atoms. The Hall–Kier alpha value is -2.80. The normalized spacial score (nSPS) is 15.9. The SMILES string of the molecule is CC(C)(c1ccccc1)c1cccc(S(=O)(=O)NC(CCCN=C(N)N)C(=O)N2CCN(CP(=O)(O)O)CC2)c1. The number of amides is 1. The minimum atomic E-state index is -4.22. The molecule has 40 heavy (non-hydrogen) atoms. The topological polar surface area (TPSA) is 192 Å². The van der Waals surface area contributed by atoms with E-state index in [1.165, 1.54) is 11.0 Å². The molecule has 1 amide bonds. The Bertz CT molecular complexity index is 1340. The number of nitrogens with one attached hydrogen (secondary N) is 1. The number of piperazine rings is 1. The number of rotatable bonds is 12. The molecule has 0 aliphatic carbocycles. The van der Waals surface area contributed by atoms with E-state index in [0.717, 1.165) is 11.1 Å². The van der Waals surface area contributed by atoms with Crippen molar-refractivity contribution in [2.24, 2.45) is 16.5 Å². The van der Waals surface area contributed by atoms with Crippen molar-refractivity contribution in [3.05, 3.63) is 65.7 Å². The second-order valence-corrected chi connectivity index (χ2v) is 13.7. The van der Waals surface area contributed by atoms with Crippen molar-refractivity contribution < 1.29 is 27.6 Å². The molecule has 1 aliphatic heterocycles. The lowest BCUT2D eigenvalue weighted by atomic mass is 9.78. The van der Waals surface area contributed by atoms with Gasteiger partial charge in [-0.3, -0.25) is 19.3 Å². The average Bonchev–Trinajstić information content (AvgIpc) is 2.90. The minimum Gasteiger partial charge on any atom is -0.370 e. The molecule has 2 aromatic carbocycles. The Morgan fingerprint density at radius 3 is 2.27 bits per heavy atom. The van der Waals surface area contributed by atoms with Gasteiger partial charge in [-0.1, -0.05) is 56.3 Å². The van der Waals surface area contributed by atoms with Gasteiger partial charge >= 0.3 is 7.60 Å². The van der Waals surface area contributed by atoms with Crippen LogP contribution in [0.15, 0.2) is 64.5 Å². The van der Waals surface area contributed by atoms with Gasteiger partial charge in [0.1, 0.15) is 12.3 Å². The van der Waals surface area contributed by atoms with E-state index in [9.17, 15) is 27.6 Å². The maximum atomic E-state index is 13.6. The molecule has 1 atom stereocenters. The maximum Gasteiger partial charge on any atom is 0.339 e. The highest BCUT2D eigenvalue weighted by Crippen LogP contribution is 2.35. The first-order valence-corrected chi connectivity index (χ1v) is 16.3. The number of nitrogens with two attached hydrogens (primary N) is 2. The van der Waals surface area contributed by atoms with E-state index in [2.05, 4.69) is 9.71 Å². The molecular weight excluding hydrogens is 555 g/mol. The number of nitrogens with zero attached hydrogens (tertiary/aromatic N) is 3. The summed E-state index contributed by atoms with van der Waals surface area (Å²) in [6.45, 7) is 5.22. The third-order valence-electron chi connectivity index (χ3n) is 6.97. The van der Waals surface area contributed by atoms with Crippen LogP contribution in [-0.2, 0) is 24.8 Å². The molecule has 1 aliphatic rings. The van der Waals surface area contributed by atoms with Crippen LogP contribution in [0.5, 0.6) is 0 Å². The van der Waals surface area contributed by atoms with Gasteiger partial charge in [-0.15, -0.1) is 0 Å². The first-order chi connectivity index (χ1) is 18.7. The summed E-state index contributed by atoms with van der Waals surface area (Å²) >= 11 is 0. The monoisotopic (exact) mass is 594 g/mol. The van der Waals surface area contributed by atoms with Gasteiger partial charge in [0.25, 0.3) is 0 Å². The number of hydrogen-bond acceptors (Lipinski definition) is 6. The van der Waals surface area contributed by atoms with Crippen LogP contribution in [0.2, 0.25) is 0 Å². The summed E-state index contributed by atoms with van der Waals surface area (Å²) in [5.41, 5.74) is 12.2. The first-order valence-electron chi connectivity index (χ1n) is 13.0. The lowest BCUT2D eigenvalue weighted by Crippen LogP contribution is -2.55. The van der Waals surface area contributed by atoms with Gasteiger partial charge < -0.3 is 26.2 Å². The van der Waals surface area contributed by atoms with Crippen LogP contribution in [-0.4, -0.2) is 84.9 Å². The summed E-state index contributed by atoms with van der Waals surface area (Å²) in [7, 11) is -8.32. The van der Waals surface area contributed by atoms with E-state index in [4.69, 9.17) is 11.5 Å². The third kappa shape index (κ3) is 8.85. The predicted molar refractivity (Wildman–Crippen MR) is 154 cm³/mol. The Morgan fingerprint density at radius 1 is 1.05 bits per heavy atom. The molecule has 14 heteroatoms. The molecule has 1 unspecified atom stereocenters. The zero-order valence-electron chi connectivity index (χ0n) is 22.8. The van der Waals surface area contributed by atoms with Gasteiger partial charge in [-0.2, -0.15) is 4.72 Å². The maximum absolute atomic E-state index is 13.6. The highest BCUT2D eigenvalue weighted by Gasteiger charge is 2.33. The number of carbonyl (C=O) groups is 1. The standard InChI is InChI=1S/C26H39N6O6PS/c1-26(2,20-8-4-3-5-9-20)21-10-6-11-22(18-21)40(37,38)30-23(12-7-13-29-25(27)28)24(33)32-16-14-31(15-17-32)19-39(34,35)36/h3-6,8-11,18,23,30H,7,12-17,19H2,1-2H3,(H4,27,28,29)(H2,34,35,36). The zero-order chi connectivity index (χ0) is 29.6. The van der Waals surface area contributed by atoms with E-state index >= 15 is 0 Å². The number of hydrogen-bond donors (Lipinski definition) is 5. The molecule has 220 valence electrons. The fraction of sp³-hybridized carbons (Fsp3) is 0.462. The summed E-state index contributed by atoms with van der Waals surface area (Å²) < 4.78 is 41.0. The Morgan fingerprint density at radius 2 is 1.68 bits per heavy atom. The molecule has 1 heterocycles. The Kier molecular flexibility index (Phi) is 10.5. The summed E-state index contributed by atoms with van der Waals surface area (Å²) in [5, 5.41) is 0. The minimum absolute atomic E-state index is 0.0440. The van der Waals surface area contributed by atoms with Gasteiger partial charge in [0, 0.05) is 38.1 Å². The van der Waals surface area contributed by atoms with E-state index in [-0.39, 0.29) is 56.3 Å². The van der Waals surface area contributed by atoms with Crippen molar-refractivity contribution in [3.63, 3.8) is 0 Å². The summed E-state index contributed by atoms with van der Waals surface area (Å²) in [5.74, 6) is -0.507. The van der Waals surface area contributed by atoms with Crippen molar-refractivity contribution in [1.29, 1.82) is 0 Å². The Labute approximate surface area is 235 Å². The summed E-state index contributed by atoms with van der Waals surface area (Å²) in [4.78, 5) is 39.0. The Balaban J connectivity index is 1.80. The zero-order valence-corrected chi connectivity index (χ0v) is 24.5. The molecule has 0 saturated carbocycles. The van der Waals surface area contributed by atoms with Gasteiger partial charge in [-0.25, -0.2) is 8.42 Å². The quantitative estimate of drug-likeness (QED) is 0.103. The number of aliphatic imine (C=N–C) groups is 1. The molecule has 1 fully saturated rings. The van der Waals surface area contributed by atoms with Crippen molar-refractivity contribution >= 4 is 29.5 Å². The van der Waals surface area contributed by atoms with Gasteiger partial charge in [0.05, 0.1) is 4.90 Å². The molecular formula is C26H39N6O6PS. The number of benzene rings is 2. The smallest absolute Gasteiger partial charge is 0.339 e. The van der Waals surface area contributed by atoms with Crippen molar-refractivity contribution in [2.45, 2.75) is 43.0 Å². The molecule has 12 nitrogen and oxygen atoms in total.